The largest absolute Gasteiger partial charge is 0.352 e. The van der Waals surface area contributed by atoms with Crippen LogP contribution in [-0.4, -0.2) is 32.0 Å². The number of pyridine rings is 1. The summed E-state index contributed by atoms with van der Waals surface area (Å²) in [5.74, 6) is -0.773. The summed E-state index contributed by atoms with van der Waals surface area (Å²) in [6, 6.07) is 23.0. The number of halogens is 2. The molecule has 0 radical (unpaired) electrons. The molecule has 1 fully saturated rings. The molecular weight excluding hydrogens is 497 g/mol. The third-order valence-corrected chi connectivity index (χ3v) is 6.68. The molecule has 1 aliphatic rings. The van der Waals surface area contributed by atoms with E-state index in [1.807, 2.05) is 65.7 Å². The molecule has 2 aromatic carbocycles. The van der Waals surface area contributed by atoms with Crippen LogP contribution in [0.5, 0.6) is 0 Å². The summed E-state index contributed by atoms with van der Waals surface area (Å²) in [5, 5.41) is 7.20. The van der Waals surface area contributed by atoms with Gasteiger partial charge in [-0.25, -0.2) is 4.39 Å². The lowest BCUT2D eigenvalue weighted by atomic mass is 10.0. The number of hydrogen-bond donors (Lipinski definition) is 2. The Labute approximate surface area is 218 Å². The van der Waals surface area contributed by atoms with Crippen molar-refractivity contribution in [2.45, 2.75) is 18.5 Å². The summed E-state index contributed by atoms with van der Waals surface area (Å²) in [6.07, 6.45) is 3.85. The zero-order chi connectivity index (χ0) is 25.1. The minimum Gasteiger partial charge on any atom is -0.352 e. The van der Waals surface area contributed by atoms with Crippen molar-refractivity contribution in [2.75, 3.05) is 11.9 Å². The summed E-state index contributed by atoms with van der Waals surface area (Å²) in [5.41, 5.74) is 2.87. The van der Waals surface area contributed by atoms with Crippen LogP contribution in [0.15, 0.2) is 91.3 Å². The highest BCUT2D eigenvalue weighted by Crippen LogP contribution is 2.39. The topological polar surface area (TPSA) is 62.2 Å². The number of hydrogen-bond acceptors (Lipinski definition) is 3. The van der Waals surface area contributed by atoms with Gasteiger partial charge in [-0.3, -0.25) is 9.78 Å². The molecule has 3 heterocycles. The normalized spacial score (nSPS) is 17.2. The lowest BCUT2D eigenvalue weighted by Crippen LogP contribution is -2.33. The maximum atomic E-state index is 14.0. The molecule has 6 nitrogen and oxygen atoms in total. The minimum atomic E-state index is -0.475. The summed E-state index contributed by atoms with van der Waals surface area (Å²) >= 11 is 12.0. The monoisotopic (exact) mass is 519 g/mol. The van der Waals surface area contributed by atoms with E-state index in [0.29, 0.717) is 16.7 Å². The van der Waals surface area contributed by atoms with Crippen LogP contribution in [0, 0.1) is 5.82 Å². The molecule has 0 spiro atoms. The highest BCUT2D eigenvalue weighted by Gasteiger charge is 2.41. The molecular formula is C27H23ClFN5OS. The second-order valence-electron chi connectivity index (χ2n) is 8.38. The average Bonchev–Trinajstić information content (AvgIpc) is 3.49. The van der Waals surface area contributed by atoms with Gasteiger partial charge < -0.3 is 20.1 Å². The van der Waals surface area contributed by atoms with E-state index in [2.05, 4.69) is 20.2 Å². The van der Waals surface area contributed by atoms with Crippen LogP contribution < -0.4 is 10.6 Å². The quantitative estimate of drug-likeness (QED) is 0.308. The number of nitrogens with one attached hydrogen (secondary N) is 2. The van der Waals surface area contributed by atoms with E-state index < -0.39 is 5.82 Å². The second-order valence-corrected chi connectivity index (χ2v) is 9.20. The molecule has 5 rings (SSSR count). The third kappa shape index (κ3) is 4.96. The van der Waals surface area contributed by atoms with Crippen molar-refractivity contribution in [1.29, 1.82) is 0 Å². The standard InChI is InChI=1S/C27H23ClFN5OS/c28-18-7-5-8-19(17-18)33-15-6-12-23(33)26-25(22-11-3-4-14-30-22)32-27(36)34(26)16-13-24(35)31-21-10-2-1-9-20(21)29/h1-12,14-15,17,25-26H,13,16H2,(H,31,35)(H,32,36)/t25-,26-/m1/s1. The molecule has 0 unspecified atom stereocenters. The Hall–Kier alpha value is -3.75. The van der Waals surface area contributed by atoms with E-state index in [4.69, 9.17) is 23.8 Å². The molecule has 4 aromatic rings. The van der Waals surface area contributed by atoms with Crippen LogP contribution in [0.4, 0.5) is 10.1 Å². The van der Waals surface area contributed by atoms with Gasteiger partial charge in [-0.15, -0.1) is 0 Å². The SMILES string of the molecule is O=C(CCN1C(=S)N[C@H](c2ccccn2)[C@H]1c1cccn1-c1cccc(Cl)c1)Nc1ccccc1F. The number of amides is 1. The molecule has 36 heavy (non-hydrogen) atoms. The fourth-order valence-electron chi connectivity index (χ4n) is 4.46. The summed E-state index contributed by atoms with van der Waals surface area (Å²) in [6.45, 7) is 0.334. The van der Waals surface area contributed by atoms with Gasteiger partial charge in [0.2, 0.25) is 5.91 Å². The van der Waals surface area contributed by atoms with E-state index >= 15 is 0 Å². The highest BCUT2D eigenvalue weighted by atomic mass is 35.5. The average molecular weight is 520 g/mol. The van der Waals surface area contributed by atoms with Gasteiger partial charge in [0.1, 0.15) is 5.82 Å². The fourth-order valence-corrected chi connectivity index (χ4v) is 4.98. The maximum absolute atomic E-state index is 14.0. The number of thiocarbonyl (C=S) groups is 1. The smallest absolute Gasteiger partial charge is 0.226 e. The number of anilines is 1. The number of benzene rings is 2. The van der Waals surface area contributed by atoms with Crippen molar-refractivity contribution in [2.24, 2.45) is 0 Å². The van der Waals surface area contributed by atoms with Crippen molar-refractivity contribution in [3.05, 3.63) is 113 Å². The van der Waals surface area contributed by atoms with Crippen LogP contribution in [0.3, 0.4) is 0 Å². The summed E-state index contributed by atoms with van der Waals surface area (Å²) in [4.78, 5) is 19.3. The number of carbonyl (C=O) groups is 1. The lowest BCUT2D eigenvalue weighted by Gasteiger charge is -2.29. The van der Waals surface area contributed by atoms with Gasteiger partial charge in [0.15, 0.2) is 5.11 Å². The fraction of sp³-hybridized carbons (Fsp3) is 0.148. The molecule has 9 heteroatoms. The molecule has 2 aromatic heterocycles. The van der Waals surface area contributed by atoms with Gasteiger partial charge in [0.05, 0.1) is 23.5 Å². The number of nitrogens with zero attached hydrogens (tertiary/aromatic N) is 3. The first-order valence-electron chi connectivity index (χ1n) is 11.5. The van der Waals surface area contributed by atoms with Gasteiger partial charge in [-0.05, 0) is 66.8 Å². The van der Waals surface area contributed by atoms with E-state index in [1.54, 1.807) is 18.3 Å². The van der Waals surface area contributed by atoms with E-state index in [-0.39, 0.29) is 30.1 Å². The Morgan fingerprint density at radius 3 is 2.69 bits per heavy atom. The Balaban J connectivity index is 1.45. The Morgan fingerprint density at radius 1 is 1.08 bits per heavy atom. The second kappa shape index (κ2) is 10.5. The van der Waals surface area contributed by atoms with Crippen LogP contribution >= 0.6 is 23.8 Å². The first kappa shape index (κ1) is 24.0. The van der Waals surface area contributed by atoms with E-state index in [9.17, 15) is 9.18 Å². The molecule has 0 bridgehead atoms. The van der Waals surface area contributed by atoms with Crippen molar-refractivity contribution >= 4 is 40.5 Å². The minimum absolute atomic E-state index is 0.124. The summed E-state index contributed by atoms with van der Waals surface area (Å²) < 4.78 is 16.1. The van der Waals surface area contributed by atoms with Crippen molar-refractivity contribution < 1.29 is 9.18 Å². The lowest BCUT2D eigenvalue weighted by molar-refractivity contribution is -0.116. The zero-order valence-electron chi connectivity index (χ0n) is 19.1. The van der Waals surface area contributed by atoms with Crippen LogP contribution in [0.2, 0.25) is 5.02 Å². The van der Waals surface area contributed by atoms with Gasteiger partial charge in [0, 0.05) is 41.8 Å². The molecule has 1 amide bonds. The molecule has 1 aliphatic heterocycles. The predicted octanol–water partition coefficient (Wildman–Crippen LogP) is 5.67. The zero-order valence-corrected chi connectivity index (χ0v) is 20.7. The number of rotatable bonds is 7. The first-order valence-corrected chi connectivity index (χ1v) is 12.3. The highest BCUT2D eigenvalue weighted by molar-refractivity contribution is 7.80. The molecule has 1 saturated heterocycles. The van der Waals surface area contributed by atoms with Gasteiger partial charge >= 0.3 is 0 Å². The Kier molecular flexibility index (Phi) is 6.97. The molecule has 182 valence electrons. The van der Waals surface area contributed by atoms with E-state index in [0.717, 1.165) is 17.1 Å². The Morgan fingerprint density at radius 2 is 1.92 bits per heavy atom. The van der Waals surface area contributed by atoms with Crippen LogP contribution in [0.1, 0.15) is 29.9 Å². The van der Waals surface area contributed by atoms with Crippen LogP contribution in [0.25, 0.3) is 5.69 Å². The van der Waals surface area contributed by atoms with Crippen LogP contribution in [-0.2, 0) is 4.79 Å². The molecule has 0 aliphatic carbocycles. The van der Waals surface area contributed by atoms with Crippen molar-refractivity contribution in [3.8, 4) is 5.69 Å². The molecule has 2 N–H and O–H groups in total. The predicted molar refractivity (Wildman–Crippen MR) is 143 cm³/mol. The first-order chi connectivity index (χ1) is 17.5. The summed E-state index contributed by atoms with van der Waals surface area (Å²) in [7, 11) is 0. The molecule has 2 atom stereocenters. The molecule has 0 saturated carbocycles. The number of aromatic nitrogens is 2. The van der Waals surface area contributed by atoms with Gasteiger partial charge in [-0.2, -0.15) is 0 Å². The van der Waals surface area contributed by atoms with Crippen molar-refractivity contribution in [3.63, 3.8) is 0 Å². The maximum Gasteiger partial charge on any atom is 0.226 e. The van der Waals surface area contributed by atoms with Crippen molar-refractivity contribution in [1.82, 2.24) is 19.8 Å². The van der Waals surface area contributed by atoms with Gasteiger partial charge in [-0.1, -0.05) is 35.9 Å². The Bertz CT molecular complexity index is 1400. The van der Waals surface area contributed by atoms with E-state index in [1.165, 1.54) is 12.1 Å². The number of carbonyl (C=O) groups excluding carboxylic acids is 1. The third-order valence-electron chi connectivity index (χ3n) is 6.10. The number of para-hydroxylation sites is 1. The van der Waals surface area contributed by atoms with Gasteiger partial charge in [0.25, 0.3) is 0 Å².